The van der Waals surface area contributed by atoms with Gasteiger partial charge in [-0.1, -0.05) is 141 Å². The van der Waals surface area contributed by atoms with Crippen molar-refractivity contribution in [3.05, 3.63) is 23.8 Å². The molecule has 0 radical (unpaired) electrons. The number of hydrogen-bond acceptors (Lipinski definition) is 7. The van der Waals surface area contributed by atoms with Gasteiger partial charge in [0, 0.05) is 55.8 Å². The summed E-state index contributed by atoms with van der Waals surface area (Å²) in [5.74, 6) is 1.29. The minimum Gasteiger partial charge on any atom is -0.376 e. The first-order valence-electron chi connectivity index (χ1n) is 26.6. The number of nitrogens with one attached hydrogen (secondary N) is 3. The van der Waals surface area contributed by atoms with E-state index in [0.29, 0.717) is 24.8 Å². The number of amides is 1. The van der Waals surface area contributed by atoms with Gasteiger partial charge in [-0.2, -0.15) is 0 Å². The van der Waals surface area contributed by atoms with Gasteiger partial charge in [-0.15, -0.1) is 6.58 Å². The molecule has 0 aliphatic heterocycles. The third-order valence-electron chi connectivity index (χ3n) is 10.9. The molecule has 0 saturated heterocycles. The summed E-state index contributed by atoms with van der Waals surface area (Å²) in [6.45, 7) is 68.9. The molecule has 0 spiro atoms. The first-order valence-corrected chi connectivity index (χ1v) is 26.6. The molecule has 0 aliphatic rings. The highest BCUT2D eigenvalue weighted by atomic mass is 16.5. The highest BCUT2D eigenvalue weighted by molar-refractivity contribution is 5.76. The van der Waals surface area contributed by atoms with E-state index >= 15 is 0 Å². The molecule has 66 heavy (non-hydrogen) atoms. The Balaban J connectivity index is -0.000000206. The Hall–Kier alpha value is -1.29. The monoisotopic (exact) mass is 941 g/mol. The summed E-state index contributed by atoms with van der Waals surface area (Å²) in [6.07, 6.45) is 11.3. The number of nitrogens with two attached hydrogens (primary N) is 2. The number of carbonyl (C=O) groups excluding carboxylic acids is 1. The number of hydrogen-bond donors (Lipinski definition) is 5. The van der Waals surface area contributed by atoms with Crippen molar-refractivity contribution in [1.29, 1.82) is 0 Å². The van der Waals surface area contributed by atoms with Gasteiger partial charge in [0.25, 0.3) is 0 Å². The molecule has 0 aromatic heterocycles. The molecule has 7 N–H and O–H groups in total. The highest BCUT2D eigenvalue weighted by Gasteiger charge is 2.33. The zero-order valence-corrected chi connectivity index (χ0v) is 50.7. The molecule has 0 rings (SSSR count). The van der Waals surface area contributed by atoms with Crippen LogP contribution in [0.25, 0.3) is 0 Å². The summed E-state index contributed by atoms with van der Waals surface area (Å²) in [6, 6.07) is 0. The van der Waals surface area contributed by atoms with Gasteiger partial charge < -0.3 is 37.1 Å². The highest BCUT2D eigenvalue weighted by Crippen LogP contribution is 2.32. The number of allylic oxidation sites excluding steroid dienone is 2. The van der Waals surface area contributed by atoms with E-state index in [1.807, 2.05) is 20.8 Å². The maximum Gasteiger partial charge on any atom is 0.220 e. The molecule has 0 aliphatic carbocycles. The van der Waals surface area contributed by atoms with Crippen LogP contribution in [0.5, 0.6) is 0 Å². The Morgan fingerprint density at radius 2 is 1.21 bits per heavy atom. The Bertz CT molecular complexity index is 1170. The molecule has 0 fully saturated rings. The van der Waals surface area contributed by atoms with Gasteiger partial charge in [0.05, 0.1) is 5.60 Å². The van der Waals surface area contributed by atoms with Crippen LogP contribution in [0.3, 0.4) is 0 Å². The molecule has 402 valence electrons. The molecule has 1 unspecified atom stereocenters. The van der Waals surface area contributed by atoms with Crippen LogP contribution < -0.4 is 27.4 Å². The fourth-order valence-corrected chi connectivity index (χ4v) is 6.53. The summed E-state index contributed by atoms with van der Waals surface area (Å²) in [5.41, 5.74) is 14.8. The van der Waals surface area contributed by atoms with Gasteiger partial charge in [0.2, 0.25) is 5.91 Å². The van der Waals surface area contributed by atoms with Gasteiger partial charge in [0.15, 0.2) is 0 Å². The van der Waals surface area contributed by atoms with Crippen molar-refractivity contribution in [2.45, 2.75) is 267 Å². The zero-order chi connectivity index (χ0) is 53.8. The minimum absolute atomic E-state index is 0.0956. The molecule has 8 heteroatoms. The van der Waals surface area contributed by atoms with Gasteiger partial charge in [0.1, 0.15) is 0 Å². The van der Waals surface area contributed by atoms with E-state index in [1.54, 1.807) is 0 Å². The van der Waals surface area contributed by atoms with Crippen LogP contribution in [0.1, 0.15) is 245 Å². The van der Waals surface area contributed by atoms with E-state index in [4.69, 9.17) is 16.2 Å². The first kappa shape index (κ1) is 76.2. The summed E-state index contributed by atoms with van der Waals surface area (Å²) in [5, 5.41) is 10.3. The normalized spacial score (nSPS) is 13.1. The van der Waals surface area contributed by atoms with E-state index < -0.39 is 0 Å². The summed E-state index contributed by atoms with van der Waals surface area (Å²) < 4.78 is 5.94. The molecule has 0 bridgehead atoms. The van der Waals surface area contributed by atoms with Gasteiger partial charge in [-0.25, -0.2) is 0 Å². The van der Waals surface area contributed by atoms with Crippen LogP contribution in [0, 0.1) is 28.1 Å². The molecule has 0 saturated carbocycles. The fourth-order valence-electron chi connectivity index (χ4n) is 6.53. The molecular weight excluding hydrogens is 813 g/mol. The molecule has 0 heterocycles. The van der Waals surface area contributed by atoms with Crippen molar-refractivity contribution < 1.29 is 9.53 Å². The van der Waals surface area contributed by atoms with Crippen molar-refractivity contribution in [1.82, 2.24) is 20.9 Å². The molecule has 8 nitrogen and oxygen atoms in total. The van der Waals surface area contributed by atoms with Gasteiger partial charge in [-0.3, -0.25) is 4.79 Å². The maximum atomic E-state index is 12.1. The predicted octanol–water partition coefficient (Wildman–Crippen LogP) is 14.8. The molecule has 0 aromatic rings. The van der Waals surface area contributed by atoms with Crippen LogP contribution in [0.4, 0.5) is 0 Å². The SMILES string of the molecule is C/C(=C\CNC(=O)CCC(C)(C)OCCC(C)C)CC(C)(C)CNC(C)(C)C.C=C(C)CC(C)(C)CN.CC.CCC.CCC.CCC(C)(C)NCC(C)(C)CC(C)(C)N(C)CC(C)CN. The second kappa shape index (κ2) is 39.4. The van der Waals surface area contributed by atoms with E-state index in [1.165, 1.54) is 30.4 Å². The second-order valence-corrected chi connectivity index (χ2v) is 25.0. The van der Waals surface area contributed by atoms with Crippen molar-refractivity contribution >= 4 is 5.91 Å². The Morgan fingerprint density at radius 3 is 1.59 bits per heavy atom. The number of carbonyl (C=O) groups is 1. The topological polar surface area (TPSA) is 118 Å². The summed E-state index contributed by atoms with van der Waals surface area (Å²) >= 11 is 0. The lowest BCUT2D eigenvalue weighted by Gasteiger charge is -2.43. The lowest BCUT2D eigenvalue weighted by Crippen LogP contribution is -2.50. The maximum absolute atomic E-state index is 12.1. The molecule has 1 amide bonds. The third kappa shape index (κ3) is 55.3. The van der Waals surface area contributed by atoms with Crippen molar-refractivity contribution in [3.63, 3.8) is 0 Å². The van der Waals surface area contributed by atoms with E-state index in [-0.39, 0.29) is 44.4 Å². The fraction of sp³-hybridized carbons (Fsp3) is 0.914. The Morgan fingerprint density at radius 1 is 0.742 bits per heavy atom. The summed E-state index contributed by atoms with van der Waals surface area (Å²) in [4.78, 5) is 14.6. The number of rotatable bonds is 26. The van der Waals surface area contributed by atoms with Crippen LogP contribution in [-0.2, 0) is 9.53 Å². The summed E-state index contributed by atoms with van der Waals surface area (Å²) in [7, 11) is 2.23. The van der Waals surface area contributed by atoms with E-state index in [2.05, 4.69) is 207 Å². The molecule has 0 aromatic carbocycles. The minimum atomic E-state index is -0.248. The average molecular weight is 942 g/mol. The predicted molar refractivity (Wildman–Crippen MR) is 303 cm³/mol. The van der Waals surface area contributed by atoms with E-state index in [9.17, 15) is 4.79 Å². The van der Waals surface area contributed by atoms with Gasteiger partial charge >= 0.3 is 0 Å². The number of nitrogens with zero attached hydrogens (tertiary/aromatic N) is 1. The Kier molecular flexibility index (Phi) is 45.5. The standard InChI is InChI=1S/C24H48N2O2.C18H41N3.C8H17N.2C3H8.C2H6/c1-19(2)13-16-28-24(9,10)14-11-21(27)25-15-12-20(3)17-23(7,8)18-26-22(4,5)6;1-10-17(5,6)20-14-16(3,4)13-18(7,8)21(9)12-15(2)11-19;1-7(2)5-8(3,4)6-9;2*1-3-2;1-2/h12,19,26H,11,13-18H2,1-10H3,(H,25,27);15,20H,10-14,19H2,1-9H3;1,5-6,9H2,2-4H3;2*3H2,1-2H3;1-2H3/b20-12+;;;;;. The van der Waals surface area contributed by atoms with Crippen molar-refractivity contribution in [2.75, 3.05) is 52.9 Å². The largest absolute Gasteiger partial charge is 0.376 e. The van der Waals surface area contributed by atoms with Crippen molar-refractivity contribution in [2.24, 2.45) is 39.5 Å². The van der Waals surface area contributed by atoms with Gasteiger partial charge in [-0.05, 0) is 163 Å². The smallest absolute Gasteiger partial charge is 0.220 e. The Labute approximate surface area is 418 Å². The number of ether oxygens (including phenoxy) is 1. The van der Waals surface area contributed by atoms with Crippen LogP contribution in [0.2, 0.25) is 0 Å². The quantitative estimate of drug-likeness (QED) is 0.0548. The average Bonchev–Trinajstić information content (AvgIpc) is 3.16. The second-order valence-electron chi connectivity index (χ2n) is 25.0. The first-order chi connectivity index (χ1) is 29.8. The van der Waals surface area contributed by atoms with Crippen molar-refractivity contribution in [3.8, 4) is 0 Å². The van der Waals surface area contributed by atoms with Crippen LogP contribution in [0.15, 0.2) is 23.8 Å². The van der Waals surface area contributed by atoms with Crippen LogP contribution >= 0.6 is 0 Å². The molecule has 1 atom stereocenters. The third-order valence-corrected chi connectivity index (χ3v) is 10.9. The van der Waals surface area contributed by atoms with E-state index in [0.717, 1.165) is 71.4 Å². The lowest BCUT2D eigenvalue weighted by molar-refractivity contribution is -0.122. The lowest BCUT2D eigenvalue weighted by atomic mass is 9.78. The molecular formula is C58H128N6O2. The zero-order valence-electron chi connectivity index (χ0n) is 50.7. The van der Waals surface area contributed by atoms with Crippen LogP contribution in [-0.4, -0.2) is 85.9 Å².